The van der Waals surface area contributed by atoms with Gasteiger partial charge in [-0.25, -0.2) is 4.79 Å². The second-order valence-corrected chi connectivity index (χ2v) is 4.04. The molecule has 0 aliphatic carbocycles. The summed E-state index contributed by atoms with van der Waals surface area (Å²) in [6.45, 7) is 7.15. The third kappa shape index (κ3) is 8.61. The van der Waals surface area contributed by atoms with E-state index in [1.165, 1.54) is 6.92 Å². The van der Waals surface area contributed by atoms with E-state index in [4.69, 9.17) is 14.2 Å². The van der Waals surface area contributed by atoms with Gasteiger partial charge in [-0.05, 0) is 12.8 Å². The Kier molecular flexibility index (Phi) is 8.70. The molecule has 0 aromatic heterocycles. The molecule has 0 spiro atoms. The Morgan fingerprint density at radius 1 is 1.11 bits per heavy atom. The van der Waals surface area contributed by atoms with Gasteiger partial charge < -0.3 is 14.2 Å². The van der Waals surface area contributed by atoms with E-state index in [2.05, 4.69) is 0 Å². The predicted octanol–water partition coefficient (Wildman–Crippen LogP) is 3.04. The normalized spacial score (nSPS) is 12.5. The zero-order valence-electron chi connectivity index (χ0n) is 11.5. The minimum absolute atomic E-state index is 0.250. The molecule has 5 heteroatoms. The van der Waals surface area contributed by atoms with Crippen molar-refractivity contribution in [3.63, 3.8) is 0 Å². The Morgan fingerprint density at radius 3 is 2.33 bits per heavy atom. The molecule has 18 heavy (non-hydrogen) atoms. The fourth-order valence-corrected chi connectivity index (χ4v) is 0.988. The van der Waals surface area contributed by atoms with E-state index >= 15 is 0 Å². The lowest BCUT2D eigenvalue weighted by molar-refractivity contribution is -0.171. The summed E-state index contributed by atoms with van der Waals surface area (Å²) in [4.78, 5) is 22.4. The van der Waals surface area contributed by atoms with E-state index in [9.17, 15) is 9.59 Å². The second-order valence-electron chi connectivity index (χ2n) is 4.04. The molecule has 0 aromatic carbocycles. The van der Waals surface area contributed by atoms with Gasteiger partial charge in [0.15, 0.2) is 0 Å². The Balaban J connectivity index is 3.74. The third-order valence-electron chi connectivity index (χ3n) is 1.92. The molecule has 0 aromatic rings. The van der Waals surface area contributed by atoms with Crippen LogP contribution in [0.4, 0.5) is 4.79 Å². The quantitative estimate of drug-likeness (QED) is 0.304. The predicted molar refractivity (Wildman–Crippen MR) is 66.9 cm³/mol. The summed E-state index contributed by atoms with van der Waals surface area (Å²) in [5.74, 6) is -0.674. The molecule has 0 saturated carbocycles. The number of allylic oxidation sites excluding steroid dienone is 1. The number of hydrogen-bond acceptors (Lipinski definition) is 5. The molecule has 104 valence electrons. The van der Waals surface area contributed by atoms with E-state index in [0.29, 0.717) is 6.42 Å². The lowest BCUT2D eigenvalue weighted by Crippen LogP contribution is -2.24. The number of carbonyl (C=O) groups is 2. The molecule has 0 amide bonds. The van der Waals surface area contributed by atoms with E-state index in [1.807, 2.05) is 19.1 Å². The van der Waals surface area contributed by atoms with Crippen LogP contribution in [0, 0.1) is 5.92 Å². The van der Waals surface area contributed by atoms with Gasteiger partial charge in [0.25, 0.3) is 0 Å². The first-order chi connectivity index (χ1) is 8.47. The SMILES string of the molecule is CCC=CCCOC(=O)OC(C)OC(=O)C(C)C. The van der Waals surface area contributed by atoms with Crippen LogP contribution in [0.25, 0.3) is 0 Å². The van der Waals surface area contributed by atoms with Gasteiger partial charge >= 0.3 is 12.1 Å². The van der Waals surface area contributed by atoms with Crippen molar-refractivity contribution in [2.45, 2.75) is 46.8 Å². The highest BCUT2D eigenvalue weighted by molar-refractivity contribution is 5.71. The number of hydrogen-bond donors (Lipinski definition) is 0. The first-order valence-electron chi connectivity index (χ1n) is 6.16. The third-order valence-corrected chi connectivity index (χ3v) is 1.92. The summed E-state index contributed by atoms with van der Waals surface area (Å²) >= 11 is 0. The van der Waals surface area contributed by atoms with Crippen LogP contribution in [-0.4, -0.2) is 25.0 Å². The summed E-state index contributed by atoms with van der Waals surface area (Å²) in [6.07, 6.45) is 3.75. The fraction of sp³-hybridized carbons (Fsp3) is 0.692. The smallest absolute Gasteiger partial charge is 0.434 e. The standard InChI is InChI=1S/C13H22O5/c1-5-6-7-8-9-16-13(15)18-11(4)17-12(14)10(2)3/h6-7,10-11H,5,8-9H2,1-4H3. The van der Waals surface area contributed by atoms with Crippen LogP contribution in [0.1, 0.15) is 40.5 Å². The molecular formula is C13H22O5. The second kappa shape index (κ2) is 9.50. The molecular weight excluding hydrogens is 236 g/mol. The van der Waals surface area contributed by atoms with Crippen LogP contribution in [0.15, 0.2) is 12.2 Å². The summed E-state index contributed by atoms with van der Waals surface area (Å²) in [7, 11) is 0. The van der Waals surface area contributed by atoms with E-state index in [0.717, 1.165) is 6.42 Å². The van der Waals surface area contributed by atoms with Gasteiger partial charge in [-0.3, -0.25) is 4.79 Å². The van der Waals surface area contributed by atoms with Crippen molar-refractivity contribution < 1.29 is 23.8 Å². The summed E-state index contributed by atoms with van der Waals surface area (Å²) in [5, 5.41) is 0. The van der Waals surface area contributed by atoms with Crippen LogP contribution in [0.3, 0.4) is 0 Å². The Labute approximate surface area is 108 Å². The van der Waals surface area contributed by atoms with Gasteiger partial charge in [-0.15, -0.1) is 0 Å². The molecule has 0 rings (SSSR count). The van der Waals surface area contributed by atoms with Crippen molar-refractivity contribution in [1.82, 2.24) is 0 Å². The molecule has 0 fully saturated rings. The molecule has 0 radical (unpaired) electrons. The Bertz CT molecular complexity index is 283. The van der Waals surface area contributed by atoms with Gasteiger partial charge in [0, 0.05) is 6.92 Å². The lowest BCUT2D eigenvalue weighted by atomic mass is 10.2. The van der Waals surface area contributed by atoms with Crippen molar-refractivity contribution in [1.29, 1.82) is 0 Å². The largest absolute Gasteiger partial charge is 0.511 e. The number of esters is 1. The number of ether oxygens (including phenoxy) is 3. The van der Waals surface area contributed by atoms with Crippen LogP contribution in [-0.2, 0) is 19.0 Å². The first-order valence-corrected chi connectivity index (χ1v) is 6.16. The van der Waals surface area contributed by atoms with Gasteiger partial charge in [-0.1, -0.05) is 32.9 Å². The van der Waals surface area contributed by atoms with Crippen molar-refractivity contribution in [3.8, 4) is 0 Å². The summed E-state index contributed by atoms with van der Waals surface area (Å²) < 4.78 is 14.4. The summed E-state index contributed by atoms with van der Waals surface area (Å²) in [5.41, 5.74) is 0. The monoisotopic (exact) mass is 258 g/mol. The van der Waals surface area contributed by atoms with Gasteiger partial charge in [-0.2, -0.15) is 0 Å². The molecule has 0 saturated heterocycles. The van der Waals surface area contributed by atoms with E-state index < -0.39 is 18.4 Å². The summed E-state index contributed by atoms with van der Waals surface area (Å²) in [6, 6.07) is 0. The highest BCUT2D eigenvalue weighted by atomic mass is 16.8. The number of rotatable bonds is 7. The minimum atomic E-state index is -0.932. The van der Waals surface area contributed by atoms with E-state index in [1.54, 1.807) is 13.8 Å². The molecule has 0 aliphatic rings. The molecule has 0 aliphatic heterocycles. The molecule has 1 atom stereocenters. The minimum Gasteiger partial charge on any atom is -0.434 e. The van der Waals surface area contributed by atoms with Crippen LogP contribution in [0.2, 0.25) is 0 Å². The maximum atomic E-state index is 11.2. The van der Waals surface area contributed by atoms with Crippen molar-refractivity contribution in [2.24, 2.45) is 5.92 Å². The van der Waals surface area contributed by atoms with Crippen molar-refractivity contribution >= 4 is 12.1 Å². The topological polar surface area (TPSA) is 61.8 Å². The van der Waals surface area contributed by atoms with Crippen LogP contribution >= 0.6 is 0 Å². The van der Waals surface area contributed by atoms with Crippen LogP contribution in [0.5, 0.6) is 0 Å². The Morgan fingerprint density at radius 2 is 1.78 bits per heavy atom. The van der Waals surface area contributed by atoms with Crippen molar-refractivity contribution in [3.05, 3.63) is 12.2 Å². The average Bonchev–Trinajstić information content (AvgIpc) is 2.28. The molecule has 0 bridgehead atoms. The average molecular weight is 258 g/mol. The van der Waals surface area contributed by atoms with E-state index in [-0.39, 0.29) is 12.5 Å². The van der Waals surface area contributed by atoms with Gasteiger partial charge in [0.05, 0.1) is 12.5 Å². The highest BCUT2D eigenvalue weighted by Gasteiger charge is 2.16. The molecule has 5 nitrogen and oxygen atoms in total. The molecule has 0 N–H and O–H groups in total. The number of carbonyl (C=O) groups excluding carboxylic acids is 2. The molecule has 1 unspecified atom stereocenters. The van der Waals surface area contributed by atoms with Gasteiger partial charge in [0.1, 0.15) is 0 Å². The van der Waals surface area contributed by atoms with Gasteiger partial charge in [0.2, 0.25) is 6.29 Å². The Hall–Kier alpha value is -1.52. The zero-order valence-corrected chi connectivity index (χ0v) is 11.5. The van der Waals surface area contributed by atoms with Crippen LogP contribution < -0.4 is 0 Å². The zero-order chi connectivity index (χ0) is 14.0. The maximum Gasteiger partial charge on any atom is 0.511 e. The van der Waals surface area contributed by atoms with Crippen molar-refractivity contribution in [2.75, 3.05) is 6.61 Å². The molecule has 0 heterocycles. The lowest BCUT2D eigenvalue weighted by Gasteiger charge is -2.14. The highest BCUT2D eigenvalue weighted by Crippen LogP contribution is 2.03. The maximum absolute atomic E-state index is 11.2. The fourth-order valence-electron chi connectivity index (χ4n) is 0.988. The first kappa shape index (κ1) is 16.5.